The molecule has 7 nitrogen and oxygen atoms in total. The van der Waals surface area contributed by atoms with Crippen LogP contribution in [-0.2, 0) is 0 Å². The maximum Gasteiger partial charge on any atom is 0.348 e. The van der Waals surface area contributed by atoms with Crippen LogP contribution in [0.5, 0.6) is 0 Å². The first kappa shape index (κ1) is 14.8. The lowest BCUT2D eigenvalue weighted by molar-refractivity contribution is 0.0703. The molecule has 4 rings (SSSR count). The molecule has 120 valence electrons. The summed E-state index contributed by atoms with van der Waals surface area (Å²) in [4.78, 5) is 33.6. The van der Waals surface area contributed by atoms with Gasteiger partial charge < -0.3 is 10.4 Å². The number of urea groups is 1. The van der Waals surface area contributed by atoms with Gasteiger partial charge in [-0.2, -0.15) is 0 Å². The number of hydrogen-bond donors (Lipinski definition) is 2. The van der Waals surface area contributed by atoms with Crippen molar-refractivity contribution in [2.24, 2.45) is 0 Å². The molecule has 3 aromatic rings. The zero-order chi connectivity index (χ0) is 17.0. The van der Waals surface area contributed by atoms with Gasteiger partial charge in [0.15, 0.2) is 5.82 Å². The number of anilines is 3. The highest BCUT2D eigenvalue weighted by Gasteiger charge is 2.34. The predicted octanol–water partition coefficient (Wildman–Crippen LogP) is 3.87. The standard InChI is InChI=1S/C14H6ClFN4O3S/c15-6-3-5(16)1-2-7(6)20-11-8-9(19-14(20)23)10(13(21)22)24-12(8)18-4-17-11/h1-4H,(H,19,23)(H,21,22). The van der Waals surface area contributed by atoms with Crippen LogP contribution < -0.4 is 10.2 Å². The lowest BCUT2D eigenvalue weighted by atomic mass is 10.2. The molecule has 3 heterocycles. The fraction of sp³-hybridized carbons (Fsp3) is 0. The molecule has 24 heavy (non-hydrogen) atoms. The number of carbonyl (C=O) groups excluding carboxylic acids is 1. The SMILES string of the molecule is O=C(O)c1sc2ncnc3c2c1NC(=O)N3c1ccc(F)cc1Cl. The molecule has 1 aliphatic heterocycles. The van der Waals surface area contributed by atoms with Gasteiger partial charge in [-0.3, -0.25) is 0 Å². The normalized spacial score (nSPS) is 13.2. The van der Waals surface area contributed by atoms with Crippen LogP contribution in [0.25, 0.3) is 10.2 Å². The summed E-state index contributed by atoms with van der Waals surface area (Å²) in [6.07, 6.45) is 1.23. The number of aromatic nitrogens is 2. The van der Waals surface area contributed by atoms with E-state index in [1.165, 1.54) is 18.5 Å². The Kier molecular flexibility index (Phi) is 3.15. The largest absolute Gasteiger partial charge is 0.477 e. The van der Waals surface area contributed by atoms with E-state index >= 15 is 0 Å². The van der Waals surface area contributed by atoms with Gasteiger partial charge in [0.25, 0.3) is 0 Å². The van der Waals surface area contributed by atoms with Crippen molar-refractivity contribution in [3.8, 4) is 0 Å². The van der Waals surface area contributed by atoms with Crippen LogP contribution in [0.4, 0.5) is 26.4 Å². The van der Waals surface area contributed by atoms with Crippen molar-refractivity contribution in [3.63, 3.8) is 0 Å². The number of benzene rings is 1. The molecule has 0 fully saturated rings. The van der Waals surface area contributed by atoms with E-state index in [-0.39, 0.29) is 27.1 Å². The van der Waals surface area contributed by atoms with Crippen LogP contribution in [0.1, 0.15) is 9.67 Å². The molecule has 0 saturated carbocycles. The maximum atomic E-state index is 13.3. The van der Waals surface area contributed by atoms with Crippen LogP contribution in [0.3, 0.4) is 0 Å². The second-order valence-corrected chi connectivity index (χ2v) is 6.26. The Hall–Kier alpha value is -2.78. The van der Waals surface area contributed by atoms with Gasteiger partial charge in [0, 0.05) is 0 Å². The fourth-order valence-corrected chi connectivity index (χ4v) is 3.69. The average molecular weight is 365 g/mol. The van der Waals surface area contributed by atoms with Gasteiger partial charge in [-0.25, -0.2) is 28.8 Å². The Bertz CT molecular complexity index is 1040. The van der Waals surface area contributed by atoms with Gasteiger partial charge >= 0.3 is 12.0 Å². The van der Waals surface area contributed by atoms with Gasteiger partial charge in [-0.15, -0.1) is 11.3 Å². The van der Waals surface area contributed by atoms with Crippen LogP contribution >= 0.6 is 22.9 Å². The van der Waals surface area contributed by atoms with Crippen molar-refractivity contribution >= 4 is 62.3 Å². The monoisotopic (exact) mass is 364 g/mol. The second-order valence-electron chi connectivity index (χ2n) is 4.85. The van der Waals surface area contributed by atoms with Crippen molar-refractivity contribution in [1.82, 2.24) is 9.97 Å². The van der Waals surface area contributed by atoms with Crippen LogP contribution in [0.15, 0.2) is 24.5 Å². The highest BCUT2D eigenvalue weighted by molar-refractivity contribution is 7.21. The van der Waals surface area contributed by atoms with E-state index in [1.807, 2.05) is 0 Å². The third kappa shape index (κ3) is 2.02. The summed E-state index contributed by atoms with van der Waals surface area (Å²) in [6.45, 7) is 0. The molecule has 0 spiro atoms. The van der Waals surface area contributed by atoms with E-state index in [4.69, 9.17) is 11.6 Å². The number of amides is 2. The molecule has 0 atom stereocenters. The molecule has 2 N–H and O–H groups in total. The van der Waals surface area contributed by atoms with Crippen LogP contribution in [-0.4, -0.2) is 27.1 Å². The number of nitrogens with zero attached hydrogens (tertiary/aromatic N) is 3. The van der Waals surface area contributed by atoms with E-state index in [9.17, 15) is 19.1 Å². The maximum absolute atomic E-state index is 13.3. The molecule has 0 unspecified atom stereocenters. The van der Waals surface area contributed by atoms with Crippen molar-refractivity contribution in [1.29, 1.82) is 0 Å². The number of carbonyl (C=O) groups is 2. The topological polar surface area (TPSA) is 95.4 Å². The van der Waals surface area contributed by atoms with E-state index in [0.29, 0.717) is 10.2 Å². The molecule has 0 bridgehead atoms. The lowest BCUT2D eigenvalue weighted by Gasteiger charge is -2.27. The first-order chi connectivity index (χ1) is 11.5. The minimum Gasteiger partial charge on any atom is -0.477 e. The molecular formula is C14H6ClFN4O3S. The molecule has 1 aliphatic rings. The zero-order valence-electron chi connectivity index (χ0n) is 11.6. The van der Waals surface area contributed by atoms with Crippen LogP contribution in [0, 0.1) is 5.82 Å². The minimum absolute atomic E-state index is 0.0223. The predicted molar refractivity (Wildman–Crippen MR) is 86.9 cm³/mol. The Labute approximate surface area is 142 Å². The third-order valence-electron chi connectivity index (χ3n) is 3.46. The number of nitrogens with one attached hydrogen (secondary N) is 1. The molecule has 1 aromatic carbocycles. The smallest absolute Gasteiger partial charge is 0.348 e. The van der Waals surface area contributed by atoms with Gasteiger partial charge in [-0.05, 0) is 18.2 Å². The number of rotatable bonds is 2. The summed E-state index contributed by atoms with van der Waals surface area (Å²) in [5.74, 6) is -1.53. The third-order valence-corrected chi connectivity index (χ3v) is 4.85. The van der Waals surface area contributed by atoms with Gasteiger partial charge in [0.05, 0.1) is 21.8 Å². The second kappa shape index (κ2) is 5.11. The molecule has 0 saturated heterocycles. The first-order valence-electron chi connectivity index (χ1n) is 6.54. The number of aromatic carboxylic acids is 1. The summed E-state index contributed by atoms with van der Waals surface area (Å²) in [6, 6.07) is 2.95. The summed E-state index contributed by atoms with van der Waals surface area (Å²) >= 11 is 6.98. The first-order valence-corrected chi connectivity index (χ1v) is 7.73. The van der Waals surface area contributed by atoms with Crippen molar-refractivity contribution in [2.75, 3.05) is 10.2 Å². The molecule has 10 heteroatoms. The number of thiophene rings is 1. The van der Waals surface area contributed by atoms with Gasteiger partial charge in [-0.1, -0.05) is 11.6 Å². The highest BCUT2D eigenvalue weighted by Crippen LogP contribution is 2.45. The summed E-state index contributed by atoms with van der Waals surface area (Å²) in [5, 5.41) is 12.2. The summed E-state index contributed by atoms with van der Waals surface area (Å²) in [5.41, 5.74) is 0.377. The Morgan fingerprint density at radius 3 is 2.88 bits per heavy atom. The van der Waals surface area contributed by atoms with Crippen LogP contribution in [0.2, 0.25) is 5.02 Å². The molecule has 2 amide bonds. The lowest BCUT2D eigenvalue weighted by Crippen LogP contribution is -2.35. The number of halogens is 2. The number of carboxylic acids is 1. The van der Waals surface area contributed by atoms with Gasteiger partial charge in [0.1, 0.15) is 21.9 Å². The Morgan fingerprint density at radius 1 is 1.38 bits per heavy atom. The minimum atomic E-state index is -1.17. The van der Waals surface area contributed by atoms with Gasteiger partial charge in [0.2, 0.25) is 0 Å². The molecule has 0 radical (unpaired) electrons. The summed E-state index contributed by atoms with van der Waals surface area (Å²) in [7, 11) is 0. The molecule has 0 aliphatic carbocycles. The molecular weight excluding hydrogens is 359 g/mol. The van der Waals surface area contributed by atoms with Crippen molar-refractivity contribution in [3.05, 3.63) is 40.2 Å². The quantitative estimate of drug-likeness (QED) is 0.719. The van der Waals surface area contributed by atoms with Crippen molar-refractivity contribution in [2.45, 2.75) is 0 Å². The Morgan fingerprint density at radius 2 is 2.17 bits per heavy atom. The van der Waals surface area contributed by atoms with E-state index in [0.717, 1.165) is 22.3 Å². The zero-order valence-corrected chi connectivity index (χ0v) is 13.2. The van der Waals surface area contributed by atoms with Crippen molar-refractivity contribution < 1.29 is 19.1 Å². The highest BCUT2D eigenvalue weighted by atomic mass is 35.5. The summed E-state index contributed by atoms with van der Waals surface area (Å²) < 4.78 is 13.3. The van der Waals surface area contributed by atoms with E-state index < -0.39 is 17.8 Å². The van der Waals surface area contributed by atoms with E-state index in [1.54, 1.807) is 0 Å². The average Bonchev–Trinajstić information content (AvgIpc) is 2.89. The van der Waals surface area contributed by atoms with E-state index in [2.05, 4.69) is 15.3 Å². The number of hydrogen-bond acceptors (Lipinski definition) is 5. The number of carboxylic acid groups (broad SMARTS) is 1. The Balaban J connectivity index is 2.01. The molecule has 2 aromatic heterocycles. The fourth-order valence-electron chi connectivity index (χ4n) is 2.50.